The van der Waals surface area contributed by atoms with E-state index >= 15 is 0 Å². The molecule has 0 aliphatic carbocycles. The number of Topliss-reactive ketones (excluding diaryl/α,β-unsaturated/α-hetero) is 1. The third-order valence-corrected chi connectivity index (χ3v) is 4.14. The number of benzene rings is 1. The average Bonchev–Trinajstić information content (AvgIpc) is 3.23. The van der Waals surface area contributed by atoms with Crippen molar-refractivity contribution in [3.8, 4) is 11.9 Å². The monoisotopic (exact) mass is 388 g/mol. The second-order valence-corrected chi connectivity index (χ2v) is 6.11. The first-order valence-electron chi connectivity index (χ1n) is 8.57. The van der Waals surface area contributed by atoms with E-state index in [0.29, 0.717) is 11.4 Å². The summed E-state index contributed by atoms with van der Waals surface area (Å²) in [5, 5.41) is 11.4. The third-order valence-electron chi connectivity index (χ3n) is 4.14. The van der Waals surface area contributed by atoms with Crippen molar-refractivity contribution in [2.24, 2.45) is 5.73 Å². The van der Waals surface area contributed by atoms with Gasteiger partial charge in [0.25, 0.3) is 11.8 Å². The van der Waals surface area contributed by atoms with E-state index in [1.807, 2.05) is 12.1 Å². The molecule has 0 aliphatic rings. The Balaban J connectivity index is 1.85. The number of hydrogen-bond acceptors (Lipinski definition) is 6. The molecule has 9 heteroatoms. The van der Waals surface area contributed by atoms with Gasteiger partial charge in [0.1, 0.15) is 30.0 Å². The minimum absolute atomic E-state index is 0.109. The zero-order valence-corrected chi connectivity index (χ0v) is 15.1. The van der Waals surface area contributed by atoms with Gasteiger partial charge in [-0.15, -0.1) is 0 Å². The average molecular weight is 388 g/mol. The molecule has 3 aromatic rings. The molecule has 1 atom stereocenters. The minimum Gasteiger partial charge on any atom is -0.363 e. The van der Waals surface area contributed by atoms with Gasteiger partial charge in [0.05, 0.1) is 11.8 Å². The number of carbonyl (C=O) groups excluding carboxylic acids is 3. The molecule has 144 valence electrons. The Bertz CT molecular complexity index is 1080. The van der Waals surface area contributed by atoms with Crippen LogP contribution in [0.25, 0.3) is 5.82 Å². The van der Waals surface area contributed by atoms with Gasteiger partial charge in [-0.05, 0) is 17.7 Å². The first kappa shape index (κ1) is 19.4. The molecule has 0 radical (unpaired) electrons. The number of primary amides is 1. The van der Waals surface area contributed by atoms with Crippen LogP contribution in [-0.2, 0) is 16.0 Å². The summed E-state index contributed by atoms with van der Waals surface area (Å²) in [5.41, 5.74) is 6.38. The van der Waals surface area contributed by atoms with Crippen LogP contribution >= 0.6 is 0 Å². The first-order valence-corrected chi connectivity index (χ1v) is 8.57. The molecule has 0 bridgehead atoms. The highest BCUT2D eigenvalue weighted by molar-refractivity contribution is 6.38. The van der Waals surface area contributed by atoms with Gasteiger partial charge in [-0.1, -0.05) is 30.3 Å². The second kappa shape index (κ2) is 8.58. The quantitative estimate of drug-likeness (QED) is 0.565. The Morgan fingerprint density at radius 2 is 1.90 bits per heavy atom. The molecule has 9 nitrogen and oxygen atoms in total. The highest BCUT2D eigenvalue weighted by Crippen LogP contribution is 2.11. The van der Waals surface area contributed by atoms with Gasteiger partial charge in [-0.25, -0.2) is 9.97 Å². The number of pyridine rings is 1. The summed E-state index contributed by atoms with van der Waals surface area (Å²) in [5.74, 6) is -2.28. The van der Waals surface area contributed by atoms with E-state index in [1.165, 1.54) is 23.3 Å². The number of nitrogens with zero attached hydrogens (tertiary/aromatic N) is 4. The lowest BCUT2D eigenvalue weighted by Gasteiger charge is -2.17. The predicted molar refractivity (Wildman–Crippen MR) is 102 cm³/mol. The lowest BCUT2D eigenvalue weighted by Crippen LogP contribution is -2.47. The lowest BCUT2D eigenvalue weighted by atomic mass is 10.0. The molecule has 0 spiro atoms. The fourth-order valence-electron chi connectivity index (χ4n) is 2.70. The number of nitrogens with one attached hydrogen (secondary N) is 1. The van der Waals surface area contributed by atoms with Crippen LogP contribution in [0, 0.1) is 11.3 Å². The van der Waals surface area contributed by atoms with Crippen molar-refractivity contribution in [3.63, 3.8) is 0 Å². The number of nitriles is 1. The summed E-state index contributed by atoms with van der Waals surface area (Å²) in [4.78, 5) is 44.5. The second-order valence-electron chi connectivity index (χ2n) is 6.11. The van der Waals surface area contributed by atoms with E-state index in [-0.39, 0.29) is 12.1 Å². The number of carbonyl (C=O) groups is 3. The summed E-state index contributed by atoms with van der Waals surface area (Å²) in [6.45, 7) is 0. The smallest absolute Gasteiger partial charge is 0.287 e. The largest absolute Gasteiger partial charge is 0.363 e. The van der Waals surface area contributed by atoms with E-state index in [0.717, 1.165) is 5.56 Å². The Morgan fingerprint density at radius 1 is 1.14 bits per heavy atom. The fraction of sp³-hybridized carbons (Fsp3) is 0.100. The van der Waals surface area contributed by atoms with Gasteiger partial charge in [-0.3, -0.25) is 19.0 Å². The molecular weight excluding hydrogens is 372 g/mol. The van der Waals surface area contributed by atoms with E-state index in [4.69, 9.17) is 11.0 Å². The van der Waals surface area contributed by atoms with Crippen LogP contribution < -0.4 is 11.1 Å². The number of ketones is 1. The Labute approximate surface area is 165 Å². The molecule has 3 N–H and O–H groups in total. The number of rotatable bonds is 7. The van der Waals surface area contributed by atoms with Crippen molar-refractivity contribution in [3.05, 3.63) is 78.0 Å². The molecular formula is C20H16N6O3. The topological polar surface area (TPSA) is 144 Å². The molecule has 0 aliphatic heterocycles. The summed E-state index contributed by atoms with van der Waals surface area (Å²) in [6, 6.07) is 12.9. The summed E-state index contributed by atoms with van der Waals surface area (Å²) in [6.07, 6.45) is 4.17. The van der Waals surface area contributed by atoms with Crippen molar-refractivity contribution in [1.82, 2.24) is 19.9 Å². The summed E-state index contributed by atoms with van der Waals surface area (Å²) in [7, 11) is 0. The number of amides is 2. The van der Waals surface area contributed by atoms with Crippen molar-refractivity contribution in [2.75, 3.05) is 0 Å². The number of hydrogen-bond donors (Lipinski definition) is 2. The molecule has 1 aromatic carbocycles. The number of aromatic nitrogens is 3. The van der Waals surface area contributed by atoms with E-state index in [9.17, 15) is 14.4 Å². The molecule has 3 rings (SSSR count). The maximum absolute atomic E-state index is 12.8. The SMILES string of the molecule is N#Cc1ccc(-n2cncc2C(=O)NC(Cc2ccccc2)C(=O)C(N)=O)nc1. The standard InChI is InChI=1S/C20H16N6O3/c21-9-14-6-7-17(24-10-14)26-12-23-11-16(26)20(29)25-15(18(27)19(22)28)8-13-4-2-1-3-5-13/h1-7,10-12,15H,8H2,(H2,22,28)(H,25,29). The Morgan fingerprint density at radius 3 is 2.52 bits per heavy atom. The van der Waals surface area contributed by atoms with Crippen molar-refractivity contribution < 1.29 is 14.4 Å². The van der Waals surface area contributed by atoms with Crippen LogP contribution in [-0.4, -0.2) is 38.2 Å². The van der Waals surface area contributed by atoms with E-state index < -0.39 is 23.6 Å². The molecule has 29 heavy (non-hydrogen) atoms. The maximum Gasteiger partial charge on any atom is 0.287 e. The molecule has 2 aromatic heterocycles. The Kier molecular flexibility index (Phi) is 5.75. The number of nitrogens with two attached hydrogens (primary N) is 1. The van der Waals surface area contributed by atoms with Gasteiger partial charge >= 0.3 is 0 Å². The summed E-state index contributed by atoms with van der Waals surface area (Å²) >= 11 is 0. The van der Waals surface area contributed by atoms with Crippen LogP contribution in [0.4, 0.5) is 0 Å². The predicted octanol–water partition coefficient (Wildman–Crippen LogP) is 0.534. The highest BCUT2D eigenvalue weighted by Gasteiger charge is 2.27. The normalized spacial score (nSPS) is 11.3. The van der Waals surface area contributed by atoms with Crippen molar-refractivity contribution in [1.29, 1.82) is 5.26 Å². The van der Waals surface area contributed by atoms with Crippen LogP contribution in [0.1, 0.15) is 21.6 Å². The van der Waals surface area contributed by atoms with E-state index in [1.54, 1.807) is 36.4 Å². The molecule has 0 fully saturated rings. The van der Waals surface area contributed by atoms with Crippen molar-refractivity contribution >= 4 is 17.6 Å². The van der Waals surface area contributed by atoms with Gasteiger partial charge in [0.15, 0.2) is 0 Å². The molecule has 2 heterocycles. The Hall–Kier alpha value is -4.32. The van der Waals surface area contributed by atoms with Gasteiger partial charge in [0, 0.05) is 12.6 Å². The zero-order chi connectivity index (χ0) is 20.8. The van der Waals surface area contributed by atoms with Gasteiger partial charge in [0.2, 0.25) is 5.78 Å². The third kappa shape index (κ3) is 4.51. The van der Waals surface area contributed by atoms with Gasteiger partial charge < -0.3 is 11.1 Å². The number of imidazole rings is 1. The molecule has 2 amide bonds. The maximum atomic E-state index is 12.8. The van der Waals surface area contributed by atoms with Gasteiger partial charge in [-0.2, -0.15) is 5.26 Å². The van der Waals surface area contributed by atoms with E-state index in [2.05, 4.69) is 15.3 Å². The fourth-order valence-corrected chi connectivity index (χ4v) is 2.70. The van der Waals surface area contributed by atoms with Crippen LogP contribution in [0.2, 0.25) is 0 Å². The first-order chi connectivity index (χ1) is 14.0. The minimum atomic E-state index is -1.13. The highest BCUT2D eigenvalue weighted by atomic mass is 16.2. The van der Waals surface area contributed by atoms with Crippen LogP contribution in [0.15, 0.2) is 61.2 Å². The van der Waals surface area contributed by atoms with Crippen molar-refractivity contribution in [2.45, 2.75) is 12.5 Å². The summed E-state index contributed by atoms with van der Waals surface area (Å²) < 4.78 is 1.41. The molecule has 0 saturated heterocycles. The molecule has 0 saturated carbocycles. The molecule has 1 unspecified atom stereocenters. The van der Waals surface area contributed by atoms with Crippen LogP contribution in [0.5, 0.6) is 0 Å². The lowest BCUT2D eigenvalue weighted by molar-refractivity contribution is -0.137. The van der Waals surface area contributed by atoms with Crippen LogP contribution in [0.3, 0.4) is 0 Å². The zero-order valence-electron chi connectivity index (χ0n) is 15.1.